The molecule has 1 heterocycles. The summed E-state index contributed by atoms with van der Waals surface area (Å²) >= 11 is 13.1. The van der Waals surface area contributed by atoms with E-state index in [0.717, 1.165) is 0 Å². The van der Waals surface area contributed by atoms with Gasteiger partial charge < -0.3 is 9.50 Å². The summed E-state index contributed by atoms with van der Waals surface area (Å²) in [6, 6.07) is 8.54. The number of anilines is 1. The first-order chi connectivity index (χ1) is 13.2. The predicted octanol–water partition coefficient (Wildman–Crippen LogP) is 4.90. The Balaban J connectivity index is 1.85. The van der Waals surface area contributed by atoms with Gasteiger partial charge in [0, 0.05) is 12.1 Å². The minimum Gasteiger partial charge on any atom is -0.379 e. The Morgan fingerprint density at radius 2 is 1.86 bits per heavy atom. The van der Waals surface area contributed by atoms with E-state index in [2.05, 4.69) is 15.6 Å². The van der Waals surface area contributed by atoms with Crippen molar-refractivity contribution in [3.8, 4) is 5.75 Å². The van der Waals surface area contributed by atoms with Crippen LogP contribution in [0.1, 0.15) is 13.8 Å². The van der Waals surface area contributed by atoms with Gasteiger partial charge in [-0.3, -0.25) is 5.32 Å². The van der Waals surface area contributed by atoms with E-state index in [1.165, 1.54) is 41.7 Å². The number of urea groups is 1. The van der Waals surface area contributed by atoms with Gasteiger partial charge in [0.05, 0.1) is 20.3 Å². The molecule has 0 saturated carbocycles. The van der Waals surface area contributed by atoms with Crippen molar-refractivity contribution < 1.29 is 17.4 Å². The minimum absolute atomic E-state index is 0.0174. The van der Waals surface area contributed by atoms with Crippen LogP contribution >= 0.6 is 34.5 Å². The van der Waals surface area contributed by atoms with Gasteiger partial charge in [0.1, 0.15) is 10.6 Å². The fraction of sp³-hybridized carbons (Fsp3) is 0.176. The normalized spacial score (nSPS) is 11.6. The predicted molar refractivity (Wildman–Crippen MR) is 111 cm³/mol. The zero-order valence-electron chi connectivity index (χ0n) is 14.7. The van der Waals surface area contributed by atoms with Crippen molar-refractivity contribution in [1.82, 2.24) is 10.3 Å². The van der Waals surface area contributed by atoms with Crippen molar-refractivity contribution in [1.29, 1.82) is 0 Å². The van der Waals surface area contributed by atoms with Gasteiger partial charge in [-0.25, -0.2) is 9.78 Å². The summed E-state index contributed by atoms with van der Waals surface area (Å²) in [4.78, 5) is 15.8. The summed E-state index contributed by atoms with van der Waals surface area (Å²) in [6.45, 7) is 3.68. The van der Waals surface area contributed by atoms with Gasteiger partial charge in [-0.2, -0.15) is 8.42 Å². The van der Waals surface area contributed by atoms with Crippen molar-refractivity contribution in [2.75, 3.05) is 5.32 Å². The summed E-state index contributed by atoms with van der Waals surface area (Å²) in [5.41, 5.74) is 0.588. The smallest absolute Gasteiger partial charge is 0.342 e. The van der Waals surface area contributed by atoms with E-state index in [1.54, 1.807) is 6.07 Å². The number of thiazole rings is 1. The summed E-state index contributed by atoms with van der Waals surface area (Å²) in [5.74, 6) is 0.0744. The highest BCUT2D eigenvalue weighted by atomic mass is 35.5. The van der Waals surface area contributed by atoms with Crippen LogP contribution in [0.4, 0.5) is 9.93 Å². The number of benzene rings is 2. The molecule has 2 aromatic carbocycles. The number of fused-ring (bicyclic) bond motifs is 1. The Labute approximate surface area is 175 Å². The molecule has 7 nitrogen and oxygen atoms in total. The van der Waals surface area contributed by atoms with Gasteiger partial charge in [0.2, 0.25) is 0 Å². The van der Waals surface area contributed by atoms with Crippen LogP contribution in [-0.4, -0.2) is 25.5 Å². The van der Waals surface area contributed by atoms with Crippen LogP contribution in [0.25, 0.3) is 10.2 Å². The third-order valence-electron chi connectivity index (χ3n) is 3.38. The first kappa shape index (κ1) is 20.7. The Morgan fingerprint density at radius 1 is 1.18 bits per heavy atom. The third-order valence-corrected chi connectivity index (χ3v) is 6.51. The highest BCUT2D eigenvalue weighted by Crippen LogP contribution is 2.33. The fourth-order valence-corrected chi connectivity index (χ4v) is 5.20. The van der Waals surface area contributed by atoms with Gasteiger partial charge in [0.25, 0.3) is 0 Å². The molecular formula is C17H15Cl2N3O4S2. The molecule has 0 fully saturated rings. The SMILES string of the molecule is CC(C)NC(=O)Nc1nc2ccc(OS(=O)(=O)c3c(Cl)cccc3Cl)cc2s1. The lowest BCUT2D eigenvalue weighted by molar-refractivity contribution is 0.250. The standard InChI is InChI=1S/C17H15Cl2N3O4S2/c1-9(2)20-16(23)22-17-21-13-7-6-10(8-14(13)27-17)26-28(24,25)15-11(18)4-3-5-12(15)19/h3-9H,1-2H3,(H2,20,21,22,23). The van der Waals surface area contributed by atoms with Gasteiger partial charge >= 0.3 is 16.1 Å². The second-order valence-electron chi connectivity index (χ2n) is 5.99. The van der Waals surface area contributed by atoms with Gasteiger partial charge in [-0.05, 0) is 38.1 Å². The van der Waals surface area contributed by atoms with E-state index in [1.807, 2.05) is 13.8 Å². The Hall–Kier alpha value is -2.07. The molecule has 148 valence electrons. The number of rotatable bonds is 5. The molecule has 0 spiro atoms. The van der Waals surface area contributed by atoms with E-state index >= 15 is 0 Å². The van der Waals surface area contributed by atoms with E-state index in [4.69, 9.17) is 27.4 Å². The minimum atomic E-state index is -4.23. The fourth-order valence-electron chi connectivity index (χ4n) is 2.30. The molecule has 0 bridgehead atoms. The maximum absolute atomic E-state index is 12.6. The number of aromatic nitrogens is 1. The Bertz CT molecular complexity index is 1130. The molecule has 2 N–H and O–H groups in total. The lowest BCUT2D eigenvalue weighted by Gasteiger charge is -2.09. The van der Waals surface area contributed by atoms with E-state index in [0.29, 0.717) is 15.3 Å². The maximum atomic E-state index is 12.6. The lowest BCUT2D eigenvalue weighted by Crippen LogP contribution is -2.34. The lowest BCUT2D eigenvalue weighted by atomic mass is 10.3. The van der Waals surface area contributed by atoms with E-state index < -0.39 is 10.1 Å². The van der Waals surface area contributed by atoms with Crippen molar-refractivity contribution in [2.45, 2.75) is 24.8 Å². The quantitative estimate of drug-likeness (QED) is 0.528. The summed E-state index contributed by atoms with van der Waals surface area (Å²) < 4.78 is 30.9. The molecular weight excluding hydrogens is 445 g/mol. The number of halogens is 2. The van der Waals surface area contributed by atoms with Crippen molar-refractivity contribution in [2.24, 2.45) is 0 Å². The molecule has 0 unspecified atom stereocenters. The number of hydrogen-bond acceptors (Lipinski definition) is 6. The van der Waals surface area contributed by atoms with Crippen molar-refractivity contribution in [3.63, 3.8) is 0 Å². The largest absolute Gasteiger partial charge is 0.379 e. The summed E-state index contributed by atoms with van der Waals surface area (Å²) in [6.07, 6.45) is 0. The van der Waals surface area contributed by atoms with Gasteiger partial charge in [0.15, 0.2) is 5.13 Å². The third kappa shape index (κ3) is 4.67. The number of amides is 2. The van der Waals surface area contributed by atoms with Crippen LogP contribution in [0.3, 0.4) is 0 Å². The molecule has 0 aliphatic heterocycles. The molecule has 0 atom stereocenters. The first-order valence-corrected chi connectivity index (χ1v) is 11.0. The Kier molecular flexibility index (Phi) is 5.99. The molecule has 0 aliphatic rings. The highest BCUT2D eigenvalue weighted by Gasteiger charge is 2.24. The van der Waals surface area contributed by atoms with Crippen LogP contribution in [-0.2, 0) is 10.1 Å². The number of carbonyl (C=O) groups is 1. The zero-order valence-corrected chi connectivity index (χ0v) is 17.8. The number of nitrogens with one attached hydrogen (secondary N) is 2. The van der Waals surface area contributed by atoms with Crippen LogP contribution in [0.2, 0.25) is 10.0 Å². The molecule has 3 rings (SSSR count). The molecule has 0 radical (unpaired) electrons. The topological polar surface area (TPSA) is 97.4 Å². The highest BCUT2D eigenvalue weighted by molar-refractivity contribution is 7.87. The molecule has 2 amide bonds. The van der Waals surface area contributed by atoms with Gasteiger partial charge in [-0.15, -0.1) is 0 Å². The van der Waals surface area contributed by atoms with E-state index in [-0.39, 0.29) is 32.8 Å². The molecule has 3 aromatic rings. The van der Waals surface area contributed by atoms with Crippen molar-refractivity contribution >= 4 is 66.0 Å². The van der Waals surface area contributed by atoms with E-state index in [9.17, 15) is 13.2 Å². The number of carbonyl (C=O) groups excluding carboxylic acids is 1. The molecule has 28 heavy (non-hydrogen) atoms. The second kappa shape index (κ2) is 8.12. The van der Waals surface area contributed by atoms with Crippen LogP contribution < -0.4 is 14.8 Å². The number of hydrogen-bond donors (Lipinski definition) is 2. The van der Waals surface area contributed by atoms with Gasteiger partial charge in [-0.1, -0.05) is 40.6 Å². The van der Waals surface area contributed by atoms with Crippen LogP contribution in [0.15, 0.2) is 41.3 Å². The monoisotopic (exact) mass is 459 g/mol. The average Bonchev–Trinajstić information content (AvgIpc) is 2.94. The first-order valence-electron chi connectivity index (χ1n) is 8.02. The zero-order chi connectivity index (χ0) is 20.5. The van der Waals surface area contributed by atoms with Crippen LogP contribution in [0, 0.1) is 0 Å². The summed E-state index contributed by atoms with van der Waals surface area (Å²) in [7, 11) is -4.23. The van der Waals surface area contributed by atoms with Crippen molar-refractivity contribution in [3.05, 3.63) is 46.4 Å². The maximum Gasteiger partial charge on any atom is 0.342 e. The number of nitrogens with zero attached hydrogens (tertiary/aromatic N) is 1. The molecule has 0 saturated heterocycles. The molecule has 11 heteroatoms. The second-order valence-corrected chi connectivity index (χ2v) is 9.32. The molecule has 1 aromatic heterocycles. The Morgan fingerprint density at radius 3 is 2.50 bits per heavy atom. The summed E-state index contributed by atoms with van der Waals surface area (Å²) in [5, 5.41) is 5.64. The molecule has 0 aliphatic carbocycles. The average molecular weight is 460 g/mol. The van der Waals surface area contributed by atoms with Crippen LogP contribution in [0.5, 0.6) is 5.75 Å².